The highest BCUT2D eigenvalue weighted by atomic mass is 15.0. The van der Waals surface area contributed by atoms with Crippen LogP contribution < -0.4 is 11.1 Å². The minimum atomic E-state index is 0.101. The molecule has 1 heterocycles. The van der Waals surface area contributed by atoms with Crippen molar-refractivity contribution in [3.8, 4) is 0 Å². The lowest BCUT2D eigenvalue weighted by Gasteiger charge is -2.20. The standard InChI is InChI=1S/C10H17N3/c1-10(2,3)13-7-9-8(11)5-4-6-12-9/h4-6,13H,7,11H2,1-3H3. The third-order valence-electron chi connectivity index (χ3n) is 1.71. The molecule has 0 spiro atoms. The molecule has 0 bridgehead atoms. The number of hydrogen-bond acceptors (Lipinski definition) is 3. The van der Waals surface area contributed by atoms with E-state index in [9.17, 15) is 0 Å². The van der Waals surface area contributed by atoms with E-state index in [2.05, 4.69) is 31.1 Å². The summed E-state index contributed by atoms with van der Waals surface area (Å²) >= 11 is 0. The zero-order valence-electron chi connectivity index (χ0n) is 8.46. The van der Waals surface area contributed by atoms with Gasteiger partial charge in [-0.3, -0.25) is 4.98 Å². The highest BCUT2D eigenvalue weighted by Gasteiger charge is 2.09. The first-order valence-corrected chi connectivity index (χ1v) is 4.43. The highest BCUT2D eigenvalue weighted by Crippen LogP contribution is 2.08. The molecule has 1 rings (SSSR count). The average Bonchev–Trinajstić information content (AvgIpc) is 2.01. The monoisotopic (exact) mass is 179 g/mol. The molecule has 0 aliphatic heterocycles. The van der Waals surface area contributed by atoms with Crippen molar-refractivity contribution < 1.29 is 0 Å². The van der Waals surface area contributed by atoms with E-state index in [0.717, 1.165) is 17.9 Å². The Hall–Kier alpha value is -1.09. The number of aromatic nitrogens is 1. The van der Waals surface area contributed by atoms with Gasteiger partial charge in [0.15, 0.2) is 0 Å². The molecule has 0 radical (unpaired) electrons. The number of hydrogen-bond donors (Lipinski definition) is 2. The number of pyridine rings is 1. The van der Waals surface area contributed by atoms with Crippen LogP contribution >= 0.6 is 0 Å². The van der Waals surface area contributed by atoms with E-state index < -0.39 is 0 Å². The Morgan fingerprint density at radius 2 is 2.15 bits per heavy atom. The van der Waals surface area contributed by atoms with E-state index in [-0.39, 0.29) is 5.54 Å². The lowest BCUT2D eigenvalue weighted by Crippen LogP contribution is -2.35. The summed E-state index contributed by atoms with van der Waals surface area (Å²) < 4.78 is 0. The van der Waals surface area contributed by atoms with Gasteiger partial charge < -0.3 is 11.1 Å². The van der Waals surface area contributed by atoms with E-state index in [1.807, 2.05) is 12.1 Å². The predicted molar refractivity (Wildman–Crippen MR) is 55.2 cm³/mol. The van der Waals surface area contributed by atoms with Gasteiger partial charge in [-0.2, -0.15) is 0 Å². The smallest absolute Gasteiger partial charge is 0.0770 e. The van der Waals surface area contributed by atoms with E-state index >= 15 is 0 Å². The van der Waals surface area contributed by atoms with Crippen molar-refractivity contribution in [1.82, 2.24) is 10.3 Å². The van der Waals surface area contributed by atoms with Crippen LogP contribution in [0.15, 0.2) is 18.3 Å². The molecule has 0 aliphatic rings. The Balaban J connectivity index is 2.60. The van der Waals surface area contributed by atoms with Crippen molar-refractivity contribution in [2.45, 2.75) is 32.9 Å². The van der Waals surface area contributed by atoms with E-state index in [4.69, 9.17) is 5.73 Å². The Bertz CT molecular complexity index is 276. The Morgan fingerprint density at radius 1 is 1.46 bits per heavy atom. The van der Waals surface area contributed by atoms with Gasteiger partial charge in [0.05, 0.1) is 11.4 Å². The number of rotatable bonds is 2. The Kier molecular flexibility index (Phi) is 2.88. The zero-order valence-corrected chi connectivity index (χ0v) is 8.46. The Morgan fingerprint density at radius 3 is 2.69 bits per heavy atom. The van der Waals surface area contributed by atoms with Crippen LogP contribution in [0.4, 0.5) is 5.69 Å². The molecule has 13 heavy (non-hydrogen) atoms. The second-order valence-electron chi connectivity index (χ2n) is 4.14. The first-order chi connectivity index (χ1) is 5.99. The maximum Gasteiger partial charge on any atom is 0.0770 e. The molecule has 3 heteroatoms. The van der Waals surface area contributed by atoms with Crippen LogP contribution in [0.2, 0.25) is 0 Å². The summed E-state index contributed by atoms with van der Waals surface area (Å²) in [4.78, 5) is 4.19. The van der Waals surface area contributed by atoms with Gasteiger partial charge in [-0.05, 0) is 32.9 Å². The highest BCUT2D eigenvalue weighted by molar-refractivity contribution is 5.41. The lowest BCUT2D eigenvalue weighted by atomic mass is 10.1. The molecule has 0 unspecified atom stereocenters. The average molecular weight is 179 g/mol. The molecule has 0 amide bonds. The second-order valence-corrected chi connectivity index (χ2v) is 4.14. The number of nitrogens with two attached hydrogens (primary N) is 1. The van der Waals surface area contributed by atoms with E-state index in [1.54, 1.807) is 6.20 Å². The third-order valence-corrected chi connectivity index (χ3v) is 1.71. The first-order valence-electron chi connectivity index (χ1n) is 4.43. The maximum atomic E-state index is 5.75. The molecular formula is C10H17N3. The normalized spacial score (nSPS) is 11.6. The van der Waals surface area contributed by atoms with Crippen molar-refractivity contribution in [2.75, 3.05) is 5.73 Å². The first kappa shape index (κ1) is 9.99. The van der Waals surface area contributed by atoms with Gasteiger partial charge in [0.25, 0.3) is 0 Å². The van der Waals surface area contributed by atoms with Gasteiger partial charge >= 0.3 is 0 Å². The van der Waals surface area contributed by atoms with Crippen molar-refractivity contribution in [1.29, 1.82) is 0 Å². The van der Waals surface area contributed by atoms with Crippen LogP contribution in [0.25, 0.3) is 0 Å². The molecular weight excluding hydrogens is 162 g/mol. The summed E-state index contributed by atoms with van der Waals surface area (Å²) in [5.74, 6) is 0. The van der Waals surface area contributed by atoms with Crippen LogP contribution in [0.3, 0.4) is 0 Å². The van der Waals surface area contributed by atoms with Crippen LogP contribution in [-0.4, -0.2) is 10.5 Å². The number of nitrogen functional groups attached to an aromatic ring is 1. The fraction of sp³-hybridized carbons (Fsp3) is 0.500. The fourth-order valence-electron chi connectivity index (χ4n) is 0.947. The van der Waals surface area contributed by atoms with Crippen LogP contribution in [0, 0.1) is 0 Å². The molecule has 0 atom stereocenters. The zero-order chi connectivity index (χ0) is 9.90. The van der Waals surface area contributed by atoms with Gasteiger partial charge in [-0.1, -0.05) is 0 Å². The van der Waals surface area contributed by atoms with Gasteiger partial charge in [0.1, 0.15) is 0 Å². The van der Waals surface area contributed by atoms with Crippen LogP contribution in [0.5, 0.6) is 0 Å². The maximum absolute atomic E-state index is 5.75. The summed E-state index contributed by atoms with van der Waals surface area (Å²) in [6.45, 7) is 7.07. The molecule has 0 fully saturated rings. The molecule has 72 valence electrons. The van der Waals surface area contributed by atoms with Crippen molar-refractivity contribution >= 4 is 5.69 Å². The SMILES string of the molecule is CC(C)(C)NCc1ncccc1N. The van der Waals surface area contributed by atoms with Crippen molar-refractivity contribution in [3.63, 3.8) is 0 Å². The molecule has 1 aromatic heterocycles. The molecule has 0 saturated carbocycles. The largest absolute Gasteiger partial charge is 0.397 e. The summed E-state index contributed by atoms with van der Waals surface area (Å²) in [5, 5.41) is 3.34. The molecule has 0 saturated heterocycles. The van der Waals surface area contributed by atoms with Gasteiger partial charge in [0, 0.05) is 18.3 Å². The van der Waals surface area contributed by atoms with Gasteiger partial charge in [0.2, 0.25) is 0 Å². The van der Waals surface area contributed by atoms with Crippen LogP contribution in [-0.2, 0) is 6.54 Å². The summed E-state index contributed by atoms with van der Waals surface area (Å²) in [6, 6.07) is 3.71. The van der Waals surface area contributed by atoms with Crippen molar-refractivity contribution in [2.24, 2.45) is 0 Å². The van der Waals surface area contributed by atoms with E-state index in [0.29, 0.717) is 0 Å². The van der Waals surface area contributed by atoms with Gasteiger partial charge in [-0.15, -0.1) is 0 Å². The van der Waals surface area contributed by atoms with Crippen LogP contribution in [0.1, 0.15) is 26.5 Å². The Labute approximate surface area is 79.4 Å². The summed E-state index contributed by atoms with van der Waals surface area (Å²) in [7, 11) is 0. The molecule has 1 aromatic rings. The lowest BCUT2D eigenvalue weighted by molar-refractivity contribution is 0.422. The molecule has 0 aliphatic carbocycles. The molecule has 3 N–H and O–H groups in total. The number of anilines is 1. The molecule has 3 nitrogen and oxygen atoms in total. The van der Waals surface area contributed by atoms with E-state index in [1.165, 1.54) is 0 Å². The quantitative estimate of drug-likeness (QED) is 0.724. The molecule has 0 aromatic carbocycles. The third kappa shape index (κ3) is 3.42. The summed E-state index contributed by atoms with van der Waals surface area (Å²) in [6.07, 6.45) is 1.76. The predicted octanol–water partition coefficient (Wildman–Crippen LogP) is 1.55. The minimum Gasteiger partial charge on any atom is -0.397 e. The number of nitrogens with zero attached hydrogens (tertiary/aromatic N) is 1. The van der Waals surface area contributed by atoms with Crippen molar-refractivity contribution in [3.05, 3.63) is 24.0 Å². The topological polar surface area (TPSA) is 50.9 Å². The minimum absolute atomic E-state index is 0.101. The fourth-order valence-corrected chi connectivity index (χ4v) is 0.947. The summed E-state index contributed by atoms with van der Waals surface area (Å²) in [5.41, 5.74) is 7.51. The second kappa shape index (κ2) is 3.75. The van der Waals surface area contributed by atoms with Gasteiger partial charge in [-0.25, -0.2) is 0 Å². The number of nitrogens with one attached hydrogen (secondary N) is 1.